The standard InChI is InChI=1S/C7H23N7O9S4/c1-9-25(17,18)11-7(24(8,15)16,13-27(21,22)14(2)3)12-26(19,20)10-5-6-23-4/h9-13H,5-6H2,1-4H3,(H2,8,15,16). The smallest absolute Gasteiger partial charge is 0.285 e. The Morgan fingerprint density at radius 3 is 1.78 bits per heavy atom. The summed E-state index contributed by atoms with van der Waals surface area (Å²) in [6.07, 6.45) is 0. The molecule has 0 bridgehead atoms. The van der Waals surface area contributed by atoms with Crippen molar-refractivity contribution in [2.75, 3.05) is 41.4 Å². The number of rotatable bonds is 13. The lowest BCUT2D eigenvalue weighted by molar-refractivity contribution is 0.204. The van der Waals surface area contributed by atoms with E-state index in [0.717, 1.165) is 21.1 Å². The third kappa shape index (κ3) is 8.16. The zero-order valence-electron chi connectivity index (χ0n) is 14.7. The Morgan fingerprint density at radius 1 is 0.926 bits per heavy atom. The fraction of sp³-hybridized carbons (Fsp3) is 1.00. The summed E-state index contributed by atoms with van der Waals surface area (Å²) in [5.74, 6) is 0. The highest BCUT2D eigenvalue weighted by molar-refractivity contribution is 7.96. The van der Waals surface area contributed by atoms with Crippen LogP contribution in [0.25, 0.3) is 0 Å². The van der Waals surface area contributed by atoms with Crippen molar-refractivity contribution in [2.45, 2.75) is 5.12 Å². The lowest BCUT2D eigenvalue weighted by atomic mass is 10.7. The van der Waals surface area contributed by atoms with E-state index in [2.05, 4.69) is 4.74 Å². The molecule has 27 heavy (non-hydrogen) atoms. The van der Waals surface area contributed by atoms with Crippen LogP contribution in [0.5, 0.6) is 0 Å². The van der Waals surface area contributed by atoms with Gasteiger partial charge < -0.3 is 4.74 Å². The summed E-state index contributed by atoms with van der Waals surface area (Å²) >= 11 is 0. The molecule has 0 aliphatic rings. The minimum absolute atomic E-state index is 0.130. The van der Waals surface area contributed by atoms with Gasteiger partial charge >= 0.3 is 0 Å². The molecular formula is C7H23N7O9S4. The Morgan fingerprint density at radius 2 is 1.41 bits per heavy atom. The number of hydrogen-bond donors (Lipinski definition) is 6. The molecule has 0 aromatic rings. The minimum Gasteiger partial charge on any atom is -0.383 e. The molecule has 0 spiro atoms. The van der Waals surface area contributed by atoms with Crippen LogP contribution in [0.15, 0.2) is 0 Å². The van der Waals surface area contributed by atoms with E-state index >= 15 is 0 Å². The molecule has 0 amide bonds. The molecule has 0 heterocycles. The van der Waals surface area contributed by atoms with Crippen molar-refractivity contribution in [3.8, 4) is 0 Å². The monoisotopic (exact) mass is 477 g/mol. The van der Waals surface area contributed by atoms with Gasteiger partial charge in [0.25, 0.3) is 45.8 Å². The van der Waals surface area contributed by atoms with Crippen molar-refractivity contribution in [1.29, 1.82) is 0 Å². The maximum absolute atomic E-state index is 12.1. The fourth-order valence-electron chi connectivity index (χ4n) is 1.25. The molecule has 0 aromatic carbocycles. The molecule has 1 unspecified atom stereocenters. The average molecular weight is 478 g/mol. The number of ether oxygens (including phenoxy) is 1. The van der Waals surface area contributed by atoms with Gasteiger partial charge in [-0.15, -0.1) is 0 Å². The maximum atomic E-state index is 12.1. The molecule has 0 aliphatic heterocycles. The highest BCUT2D eigenvalue weighted by Gasteiger charge is 2.51. The highest BCUT2D eigenvalue weighted by atomic mass is 32.2. The van der Waals surface area contributed by atoms with E-state index in [1.165, 1.54) is 21.3 Å². The first-order chi connectivity index (χ1) is 11.9. The number of methoxy groups -OCH3 is 1. The second-order valence-electron chi connectivity index (χ2n) is 4.92. The molecule has 0 aliphatic carbocycles. The van der Waals surface area contributed by atoms with Crippen molar-refractivity contribution < 1.29 is 38.4 Å². The van der Waals surface area contributed by atoms with Crippen LogP contribution in [0.4, 0.5) is 0 Å². The van der Waals surface area contributed by atoms with Gasteiger partial charge in [0.2, 0.25) is 0 Å². The molecule has 164 valence electrons. The largest absolute Gasteiger partial charge is 0.383 e. The maximum Gasteiger partial charge on any atom is 0.285 e. The molecule has 20 heteroatoms. The third-order valence-corrected chi connectivity index (χ3v) is 7.95. The summed E-state index contributed by atoms with van der Waals surface area (Å²) in [6.45, 7) is -0.485. The fourth-order valence-corrected chi connectivity index (χ4v) is 5.95. The first kappa shape index (κ1) is 26.5. The van der Waals surface area contributed by atoms with Crippen LogP contribution in [0.1, 0.15) is 0 Å². The minimum atomic E-state index is -5.31. The van der Waals surface area contributed by atoms with Crippen LogP contribution in [0, 0.1) is 0 Å². The van der Waals surface area contributed by atoms with Gasteiger partial charge in [-0.05, 0) is 0 Å². The summed E-state index contributed by atoms with van der Waals surface area (Å²) in [6, 6.07) is 0. The lowest BCUT2D eigenvalue weighted by Crippen LogP contribution is -2.77. The predicted octanol–water partition coefficient (Wildman–Crippen LogP) is -5.59. The van der Waals surface area contributed by atoms with E-state index < -0.39 is 45.8 Å². The molecule has 16 nitrogen and oxygen atoms in total. The van der Waals surface area contributed by atoms with E-state index in [4.69, 9.17) is 5.14 Å². The van der Waals surface area contributed by atoms with Crippen molar-refractivity contribution in [1.82, 2.24) is 27.9 Å². The molecule has 0 fully saturated rings. The van der Waals surface area contributed by atoms with Crippen LogP contribution in [-0.4, -0.2) is 84.5 Å². The van der Waals surface area contributed by atoms with Crippen molar-refractivity contribution in [3.63, 3.8) is 0 Å². The number of sulfonamides is 1. The Hall–Kier alpha value is -0.520. The van der Waals surface area contributed by atoms with E-state index in [1.54, 1.807) is 4.72 Å². The zero-order valence-corrected chi connectivity index (χ0v) is 18.0. The number of primary sulfonamides is 1. The van der Waals surface area contributed by atoms with Crippen LogP contribution in [-0.2, 0) is 45.4 Å². The molecule has 0 aromatic heterocycles. The molecule has 0 saturated heterocycles. The van der Waals surface area contributed by atoms with Gasteiger partial charge in [-0.1, -0.05) is 0 Å². The Balaban J connectivity index is 6.41. The Bertz CT molecular complexity index is 912. The molecule has 7 N–H and O–H groups in total. The Kier molecular flexibility index (Phi) is 9.14. The second kappa shape index (κ2) is 9.32. The number of hydrogen-bond acceptors (Lipinski definition) is 9. The van der Waals surface area contributed by atoms with Gasteiger partial charge in [0.15, 0.2) is 0 Å². The molecule has 0 radical (unpaired) electrons. The van der Waals surface area contributed by atoms with Crippen LogP contribution >= 0.6 is 0 Å². The number of nitrogens with zero attached hydrogens (tertiary/aromatic N) is 1. The second-order valence-corrected chi connectivity index (χ2v) is 11.6. The van der Waals surface area contributed by atoms with Gasteiger partial charge in [0, 0.05) is 34.8 Å². The normalized spacial score (nSPS) is 16.4. The lowest BCUT2D eigenvalue weighted by Gasteiger charge is -2.33. The zero-order chi connectivity index (χ0) is 21.7. The van der Waals surface area contributed by atoms with Crippen molar-refractivity contribution in [3.05, 3.63) is 0 Å². The van der Waals surface area contributed by atoms with E-state index in [-0.39, 0.29) is 13.2 Å². The first-order valence-corrected chi connectivity index (χ1v) is 12.6. The van der Waals surface area contributed by atoms with Crippen LogP contribution in [0.3, 0.4) is 0 Å². The van der Waals surface area contributed by atoms with Gasteiger partial charge in [0.05, 0.1) is 6.61 Å². The van der Waals surface area contributed by atoms with Gasteiger partial charge in [-0.25, -0.2) is 18.3 Å². The van der Waals surface area contributed by atoms with Gasteiger partial charge in [-0.2, -0.15) is 48.4 Å². The molecule has 0 rings (SSSR count). The molecular weight excluding hydrogens is 454 g/mol. The summed E-state index contributed by atoms with van der Waals surface area (Å²) in [7, 11) is -15.6. The summed E-state index contributed by atoms with van der Waals surface area (Å²) in [5, 5.41) is 1.34. The summed E-state index contributed by atoms with van der Waals surface area (Å²) in [5.41, 5.74) is 0. The topological polar surface area (TPSA) is 235 Å². The van der Waals surface area contributed by atoms with E-state index in [9.17, 15) is 33.7 Å². The highest BCUT2D eigenvalue weighted by Crippen LogP contribution is 2.10. The van der Waals surface area contributed by atoms with Crippen molar-refractivity contribution >= 4 is 40.7 Å². The SMILES string of the molecule is CNS(=O)(=O)NC(NS(=O)(=O)NCCOC)(NS(=O)(=O)N(C)C)S(N)(=O)=O. The van der Waals surface area contributed by atoms with Gasteiger partial charge in [0.1, 0.15) is 0 Å². The average Bonchev–Trinajstić information content (AvgIpc) is 2.44. The summed E-state index contributed by atoms with van der Waals surface area (Å²) < 4.78 is 109. The van der Waals surface area contributed by atoms with Crippen LogP contribution in [0.2, 0.25) is 0 Å². The predicted molar refractivity (Wildman–Crippen MR) is 94.6 cm³/mol. The molecule has 1 atom stereocenters. The van der Waals surface area contributed by atoms with Crippen LogP contribution < -0.4 is 28.7 Å². The van der Waals surface area contributed by atoms with E-state index in [1.807, 2.05) is 4.72 Å². The van der Waals surface area contributed by atoms with Gasteiger partial charge in [-0.3, -0.25) is 0 Å². The quantitative estimate of drug-likeness (QED) is 0.109. The summed E-state index contributed by atoms with van der Waals surface area (Å²) in [4.78, 5) is 0. The third-order valence-electron chi connectivity index (χ3n) is 2.60. The number of nitrogens with one attached hydrogen (secondary N) is 5. The number of nitrogens with two attached hydrogens (primary N) is 1. The Labute approximate surface area is 158 Å². The molecule has 0 saturated carbocycles. The first-order valence-electron chi connectivity index (χ1n) is 6.67. The van der Waals surface area contributed by atoms with E-state index in [0.29, 0.717) is 4.31 Å². The van der Waals surface area contributed by atoms with Crippen molar-refractivity contribution in [2.24, 2.45) is 5.14 Å².